The fourth-order valence-electron chi connectivity index (χ4n) is 4.00. The minimum absolute atomic E-state index is 0.0997. The summed E-state index contributed by atoms with van der Waals surface area (Å²) in [6, 6.07) is 4.58. The van der Waals surface area contributed by atoms with Crippen LogP contribution in [0.25, 0.3) is 0 Å². The van der Waals surface area contributed by atoms with Crippen molar-refractivity contribution in [1.82, 2.24) is 0 Å². The molecule has 4 rings (SSSR count). The van der Waals surface area contributed by atoms with Crippen molar-refractivity contribution in [3.8, 4) is 0 Å². The topological polar surface area (TPSA) is 118 Å². The van der Waals surface area contributed by atoms with E-state index in [1.54, 1.807) is 6.07 Å². The molecule has 0 radical (unpaired) electrons. The van der Waals surface area contributed by atoms with Gasteiger partial charge in [-0.1, -0.05) is 12.1 Å². The minimum Gasteiger partial charge on any atom is -0.481 e. The second-order valence-corrected chi connectivity index (χ2v) is 5.56. The zero-order valence-electron chi connectivity index (χ0n) is 10.9. The fourth-order valence-corrected chi connectivity index (χ4v) is 4.00. The van der Waals surface area contributed by atoms with Gasteiger partial charge < -0.3 is 10.2 Å². The maximum absolute atomic E-state index is 11.5. The molecule has 21 heavy (non-hydrogen) atoms. The van der Waals surface area contributed by atoms with Gasteiger partial charge in [-0.05, 0) is 24.3 Å². The predicted octanol–water partition coefficient (Wildman–Crippen LogP) is 1.97. The minimum atomic E-state index is -1.19. The van der Waals surface area contributed by atoms with Crippen molar-refractivity contribution in [2.24, 2.45) is 11.8 Å². The standard InChI is InChI=1S/C14H13NO6/c16-13(17)11-7-4-5-8(12(11)14(18)19)10-6(7)2-1-3-9(10)15(20)21/h1-3,7-8,11-12H,4-5H2,(H,16,17)(H,18,19). The molecule has 0 amide bonds. The first-order valence-electron chi connectivity index (χ1n) is 6.66. The Morgan fingerprint density at radius 2 is 1.67 bits per heavy atom. The Balaban J connectivity index is 2.23. The van der Waals surface area contributed by atoms with Crippen LogP contribution in [-0.4, -0.2) is 27.1 Å². The third-order valence-corrected chi connectivity index (χ3v) is 4.70. The van der Waals surface area contributed by atoms with Gasteiger partial charge in [-0.25, -0.2) is 0 Å². The van der Waals surface area contributed by atoms with Crippen LogP contribution in [0.4, 0.5) is 5.69 Å². The Bertz CT molecular complexity index is 655. The van der Waals surface area contributed by atoms with Crippen LogP contribution in [0.5, 0.6) is 0 Å². The summed E-state index contributed by atoms with van der Waals surface area (Å²) in [5.74, 6) is -5.53. The van der Waals surface area contributed by atoms with E-state index < -0.39 is 40.5 Å². The molecule has 0 aromatic heterocycles. The largest absolute Gasteiger partial charge is 0.481 e. The van der Waals surface area contributed by atoms with Gasteiger partial charge in [0.2, 0.25) is 0 Å². The summed E-state index contributed by atoms with van der Waals surface area (Å²) in [6.45, 7) is 0. The maximum atomic E-state index is 11.5. The highest BCUT2D eigenvalue weighted by molar-refractivity contribution is 5.84. The molecule has 0 aliphatic heterocycles. The van der Waals surface area contributed by atoms with Gasteiger partial charge in [0.1, 0.15) is 0 Å². The molecular weight excluding hydrogens is 278 g/mol. The number of nitro benzene ring substituents is 1. The van der Waals surface area contributed by atoms with Crippen molar-refractivity contribution in [3.05, 3.63) is 39.4 Å². The number of carboxylic acid groups (broad SMARTS) is 2. The van der Waals surface area contributed by atoms with Crippen molar-refractivity contribution < 1.29 is 24.7 Å². The third kappa shape index (κ3) is 1.80. The zero-order chi connectivity index (χ0) is 15.3. The van der Waals surface area contributed by atoms with Crippen LogP contribution >= 0.6 is 0 Å². The van der Waals surface area contributed by atoms with Crippen molar-refractivity contribution in [2.75, 3.05) is 0 Å². The number of benzene rings is 1. The Morgan fingerprint density at radius 3 is 2.24 bits per heavy atom. The molecule has 1 aromatic carbocycles. The summed E-state index contributed by atoms with van der Waals surface area (Å²) in [5.41, 5.74) is 0.950. The van der Waals surface area contributed by atoms with Crippen LogP contribution in [0, 0.1) is 22.0 Å². The van der Waals surface area contributed by atoms with Gasteiger partial charge in [0.25, 0.3) is 5.69 Å². The van der Waals surface area contributed by atoms with E-state index in [1.807, 2.05) is 0 Å². The Labute approximate surface area is 119 Å². The van der Waals surface area contributed by atoms with Gasteiger partial charge in [-0.15, -0.1) is 0 Å². The lowest BCUT2D eigenvalue weighted by molar-refractivity contribution is -0.386. The van der Waals surface area contributed by atoms with Gasteiger partial charge in [0.05, 0.1) is 16.8 Å². The van der Waals surface area contributed by atoms with Crippen LogP contribution < -0.4 is 0 Å². The molecule has 3 aliphatic rings. The van der Waals surface area contributed by atoms with E-state index in [1.165, 1.54) is 12.1 Å². The lowest BCUT2D eigenvalue weighted by Gasteiger charge is -2.45. The van der Waals surface area contributed by atoms with E-state index in [9.17, 15) is 29.9 Å². The zero-order valence-corrected chi connectivity index (χ0v) is 10.9. The van der Waals surface area contributed by atoms with Crippen LogP contribution in [0.1, 0.15) is 35.8 Å². The number of aliphatic carboxylic acids is 2. The maximum Gasteiger partial charge on any atom is 0.308 e. The molecule has 2 bridgehead atoms. The first kappa shape index (κ1) is 13.5. The third-order valence-electron chi connectivity index (χ3n) is 4.70. The molecule has 0 heterocycles. The summed E-state index contributed by atoms with van der Waals surface area (Å²) in [6.07, 6.45) is 1.03. The number of rotatable bonds is 3. The monoisotopic (exact) mass is 291 g/mol. The molecule has 1 fully saturated rings. The van der Waals surface area contributed by atoms with Gasteiger partial charge in [0, 0.05) is 17.5 Å². The second-order valence-electron chi connectivity index (χ2n) is 5.56. The molecule has 0 saturated heterocycles. The van der Waals surface area contributed by atoms with Gasteiger partial charge in [0.15, 0.2) is 0 Å². The van der Waals surface area contributed by atoms with E-state index in [0.717, 1.165) is 0 Å². The van der Waals surface area contributed by atoms with E-state index in [-0.39, 0.29) is 5.69 Å². The van der Waals surface area contributed by atoms with Gasteiger partial charge in [-0.3, -0.25) is 19.7 Å². The first-order valence-corrected chi connectivity index (χ1v) is 6.66. The number of fused-ring (bicyclic) bond motifs is 2. The molecule has 3 aliphatic carbocycles. The number of hydrogen-bond acceptors (Lipinski definition) is 4. The average molecular weight is 291 g/mol. The highest BCUT2D eigenvalue weighted by Crippen LogP contribution is 2.57. The highest BCUT2D eigenvalue weighted by Gasteiger charge is 2.55. The fraction of sp³-hybridized carbons (Fsp3) is 0.429. The molecular formula is C14H13NO6. The number of carboxylic acids is 2. The molecule has 1 aromatic rings. The van der Waals surface area contributed by atoms with E-state index >= 15 is 0 Å². The molecule has 4 atom stereocenters. The highest BCUT2D eigenvalue weighted by atomic mass is 16.6. The van der Waals surface area contributed by atoms with E-state index in [2.05, 4.69) is 0 Å². The summed E-state index contributed by atoms with van der Waals surface area (Å²) in [4.78, 5) is 33.7. The van der Waals surface area contributed by atoms with Crippen molar-refractivity contribution in [2.45, 2.75) is 24.7 Å². The normalized spacial score (nSPS) is 29.7. The quantitative estimate of drug-likeness (QED) is 0.649. The summed E-state index contributed by atoms with van der Waals surface area (Å²) >= 11 is 0. The van der Waals surface area contributed by atoms with E-state index in [4.69, 9.17) is 0 Å². The van der Waals surface area contributed by atoms with Gasteiger partial charge in [-0.2, -0.15) is 0 Å². The van der Waals surface area contributed by atoms with Crippen molar-refractivity contribution in [1.29, 1.82) is 0 Å². The van der Waals surface area contributed by atoms with E-state index in [0.29, 0.717) is 24.0 Å². The van der Waals surface area contributed by atoms with Crippen molar-refractivity contribution >= 4 is 17.6 Å². The van der Waals surface area contributed by atoms with Crippen LogP contribution in [-0.2, 0) is 9.59 Å². The SMILES string of the molecule is O=C(O)C1C2CCC(c3c2cccc3[N+](=O)[O-])C1C(=O)O. The number of nitro groups is 1. The molecule has 7 nitrogen and oxygen atoms in total. The summed E-state index contributed by atoms with van der Waals surface area (Å²) < 4.78 is 0. The number of hydrogen-bond donors (Lipinski definition) is 2. The molecule has 4 unspecified atom stereocenters. The number of nitrogens with zero attached hydrogens (tertiary/aromatic N) is 1. The van der Waals surface area contributed by atoms with Crippen molar-refractivity contribution in [3.63, 3.8) is 0 Å². The Hall–Kier alpha value is -2.44. The summed E-state index contributed by atoms with van der Waals surface area (Å²) in [7, 11) is 0. The Morgan fingerprint density at radius 1 is 1.10 bits per heavy atom. The molecule has 2 N–H and O–H groups in total. The first-order chi connectivity index (χ1) is 9.93. The second kappa shape index (κ2) is 4.54. The molecule has 7 heteroatoms. The molecule has 1 saturated carbocycles. The Kier molecular flexibility index (Phi) is 2.93. The molecule has 0 spiro atoms. The van der Waals surface area contributed by atoms with Crippen LogP contribution in [0.3, 0.4) is 0 Å². The van der Waals surface area contributed by atoms with Gasteiger partial charge >= 0.3 is 11.9 Å². The van der Waals surface area contributed by atoms with Crippen LogP contribution in [0.2, 0.25) is 0 Å². The predicted molar refractivity (Wildman–Crippen MR) is 70.1 cm³/mol. The van der Waals surface area contributed by atoms with Crippen LogP contribution in [0.15, 0.2) is 18.2 Å². The lowest BCUT2D eigenvalue weighted by atomic mass is 9.56. The number of carbonyl (C=O) groups is 2. The smallest absolute Gasteiger partial charge is 0.308 e. The lowest BCUT2D eigenvalue weighted by Crippen LogP contribution is -2.46. The molecule has 110 valence electrons. The summed E-state index contributed by atoms with van der Waals surface area (Å²) in [5, 5.41) is 30.0. The average Bonchev–Trinajstić information content (AvgIpc) is 2.45.